The fraction of sp³-hybridized carbons (Fsp3) is 0.562. The summed E-state index contributed by atoms with van der Waals surface area (Å²) in [5.41, 5.74) is -0.726. The fourth-order valence-corrected chi connectivity index (χ4v) is 2.87. The van der Waals surface area contributed by atoms with Gasteiger partial charge in [0.15, 0.2) is 4.87 Å². The van der Waals surface area contributed by atoms with Crippen LogP contribution in [0.3, 0.4) is 0 Å². The number of alkyl halides is 1. The molecule has 1 rings (SSSR count). The Morgan fingerprint density at radius 3 is 2.10 bits per heavy atom. The van der Waals surface area contributed by atoms with Crippen LogP contribution in [0.15, 0.2) is 30.3 Å². The Morgan fingerprint density at radius 1 is 1.20 bits per heavy atom. The molecule has 0 heterocycles. The Balaban J connectivity index is 3.25. The van der Waals surface area contributed by atoms with Gasteiger partial charge in [0.2, 0.25) is 5.91 Å². The molecule has 0 aromatic heterocycles. The van der Waals surface area contributed by atoms with Crippen molar-refractivity contribution in [2.24, 2.45) is 0 Å². The molecule has 0 saturated carbocycles. The number of hydrogen-bond donors (Lipinski definition) is 1. The summed E-state index contributed by atoms with van der Waals surface area (Å²) in [4.78, 5) is 12.9. The Morgan fingerprint density at radius 2 is 1.70 bits per heavy atom. The number of benzene rings is 1. The first-order valence-corrected chi connectivity index (χ1v) is 7.49. The number of carbonyl (C=O) groups is 1. The first-order chi connectivity index (χ1) is 9.35. The van der Waals surface area contributed by atoms with Crippen LogP contribution in [-0.2, 0) is 10.4 Å². The minimum Gasteiger partial charge on any atom is -0.383 e. The molecule has 0 aliphatic rings. The number of rotatable bonds is 6. The minimum absolute atomic E-state index is 0.239. The quantitative estimate of drug-likeness (QED) is 0.820. The molecule has 112 valence electrons. The molecule has 1 N–H and O–H groups in total. The van der Waals surface area contributed by atoms with E-state index in [-0.39, 0.29) is 5.91 Å². The normalized spacial score (nSPS) is 17.1. The van der Waals surface area contributed by atoms with Crippen LogP contribution >= 0.6 is 11.6 Å². The topological polar surface area (TPSA) is 40.5 Å². The highest BCUT2D eigenvalue weighted by atomic mass is 35.5. The van der Waals surface area contributed by atoms with E-state index in [1.165, 1.54) is 0 Å². The van der Waals surface area contributed by atoms with Crippen LogP contribution in [0.25, 0.3) is 0 Å². The van der Waals surface area contributed by atoms with Gasteiger partial charge in [-0.3, -0.25) is 4.79 Å². The zero-order chi connectivity index (χ0) is 15.4. The second kappa shape index (κ2) is 6.59. The maximum Gasteiger partial charge on any atom is 0.246 e. The number of nitrogens with zero attached hydrogens (tertiary/aromatic N) is 1. The van der Waals surface area contributed by atoms with Crippen molar-refractivity contribution in [1.29, 1.82) is 0 Å². The summed E-state index contributed by atoms with van der Waals surface area (Å²) >= 11 is 6.54. The number of amides is 1. The van der Waals surface area contributed by atoms with Crippen molar-refractivity contribution in [3.8, 4) is 0 Å². The molecule has 2 unspecified atom stereocenters. The van der Waals surface area contributed by atoms with Gasteiger partial charge >= 0.3 is 0 Å². The summed E-state index contributed by atoms with van der Waals surface area (Å²) in [6.45, 7) is 8.40. The molecule has 2 atom stereocenters. The van der Waals surface area contributed by atoms with Crippen LogP contribution < -0.4 is 0 Å². The van der Waals surface area contributed by atoms with Gasteiger partial charge in [0.1, 0.15) is 5.60 Å². The smallest absolute Gasteiger partial charge is 0.246 e. The van der Waals surface area contributed by atoms with Crippen molar-refractivity contribution in [2.45, 2.75) is 44.6 Å². The zero-order valence-corrected chi connectivity index (χ0v) is 13.4. The molecule has 0 aliphatic heterocycles. The van der Waals surface area contributed by atoms with E-state index in [9.17, 15) is 9.90 Å². The minimum atomic E-state index is -1.39. The average Bonchev–Trinajstić information content (AvgIpc) is 2.48. The average molecular weight is 298 g/mol. The Kier molecular flexibility index (Phi) is 5.60. The lowest BCUT2D eigenvalue weighted by molar-refractivity contribution is -0.142. The molecule has 0 bridgehead atoms. The van der Waals surface area contributed by atoms with Crippen molar-refractivity contribution in [3.05, 3.63) is 35.9 Å². The van der Waals surface area contributed by atoms with Crippen molar-refractivity contribution in [3.63, 3.8) is 0 Å². The molecule has 4 heteroatoms. The van der Waals surface area contributed by atoms with Crippen LogP contribution in [0, 0.1) is 0 Å². The lowest BCUT2D eigenvalue weighted by Gasteiger charge is -2.41. The predicted molar refractivity (Wildman–Crippen MR) is 82.8 cm³/mol. The molecule has 0 fully saturated rings. The summed E-state index contributed by atoms with van der Waals surface area (Å²) in [5, 5.41) is 11.1. The van der Waals surface area contributed by atoms with Gasteiger partial charge in [-0.2, -0.15) is 0 Å². The van der Waals surface area contributed by atoms with Gasteiger partial charge in [0.05, 0.1) is 0 Å². The zero-order valence-electron chi connectivity index (χ0n) is 12.7. The van der Waals surface area contributed by atoms with Crippen LogP contribution in [0.4, 0.5) is 0 Å². The highest BCUT2D eigenvalue weighted by Gasteiger charge is 2.52. The Hall–Kier alpha value is -1.06. The largest absolute Gasteiger partial charge is 0.383 e. The number of carbonyl (C=O) groups excluding carboxylic acids is 1. The number of halogens is 1. The van der Waals surface area contributed by atoms with Crippen molar-refractivity contribution < 1.29 is 9.90 Å². The molecular formula is C16H24ClNO2. The van der Waals surface area contributed by atoms with E-state index in [0.717, 1.165) is 0 Å². The summed E-state index contributed by atoms with van der Waals surface area (Å²) in [7, 11) is 0. The molecule has 0 radical (unpaired) electrons. The van der Waals surface area contributed by atoms with E-state index in [1.807, 2.05) is 39.0 Å². The van der Waals surface area contributed by atoms with Crippen LogP contribution in [0.2, 0.25) is 0 Å². The van der Waals surface area contributed by atoms with E-state index in [0.29, 0.717) is 25.1 Å². The third-order valence-corrected chi connectivity index (χ3v) is 4.47. The van der Waals surface area contributed by atoms with Crippen LogP contribution in [0.1, 0.15) is 39.7 Å². The van der Waals surface area contributed by atoms with Crippen molar-refractivity contribution >= 4 is 17.5 Å². The van der Waals surface area contributed by atoms with Gasteiger partial charge in [-0.25, -0.2) is 0 Å². The second-order valence-electron chi connectivity index (χ2n) is 5.06. The Labute approximate surface area is 126 Å². The highest BCUT2D eigenvalue weighted by molar-refractivity contribution is 6.35. The first-order valence-electron chi connectivity index (χ1n) is 7.11. The highest BCUT2D eigenvalue weighted by Crippen LogP contribution is 2.41. The maximum absolute atomic E-state index is 12.6. The summed E-state index contributed by atoms with van der Waals surface area (Å²) < 4.78 is 0. The first kappa shape index (κ1) is 17.0. The monoisotopic (exact) mass is 297 g/mol. The van der Waals surface area contributed by atoms with Crippen LogP contribution in [0.5, 0.6) is 0 Å². The number of hydrogen-bond acceptors (Lipinski definition) is 2. The number of aliphatic hydroxyl groups is 1. The standard InChI is InChI=1S/C16H24ClNO2/c1-5-16(20,13-11-9-8-10-12-13)15(4,17)14(19)18(6-2)7-3/h8-12,20H,5-7H2,1-4H3. The fourth-order valence-electron chi connectivity index (χ4n) is 2.51. The molecule has 0 aliphatic carbocycles. The molecule has 1 aromatic carbocycles. The van der Waals surface area contributed by atoms with Gasteiger partial charge in [0.25, 0.3) is 0 Å². The molecule has 20 heavy (non-hydrogen) atoms. The van der Waals surface area contributed by atoms with Gasteiger partial charge < -0.3 is 10.0 Å². The molecular weight excluding hydrogens is 274 g/mol. The van der Waals surface area contributed by atoms with Crippen LogP contribution in [-0.4, -0.2) is 33.9 Å². The third kappa shape index (κ3) is 2.84. The summed E-state index contributed by atoms with van der Waals surface area (Å²) in [5.74, 6) is -0.239. The predicted octanol–water partition coefficient (Wildman–Crippen LogP) is 3.15. The second-order valence-corrected chi connectivity index (χ2v) is 5.82. The summed E-state index contributed by atoms with van der Waals surface area (Å²) in [6.07, 6.45) is 0.365. The van der Waals surface area contributed by atoms with Gasteiger partial charge in [-0.1, -0.05) is 37.3 Å². The Bertz CT molecular complexity index is 443. The molecule has 0 spiro atoms. The van der Waals surface area contributed by atoms with E-state index >= 15 is 0 Å². The van der Waals surface area contributed by atoms with Gasteiger partial charge in [0, 0.05) is 13.1 Å². The molecule has 0 saturated heterocycles. The lowest BCUT2D eigenvalue weighted by atomic mass is 9.78. The van der Waals surface area contributed by atoms with E-state index in [1.54, 1.807) is 24.0 Å². The van der Waals surface area contributed by atoms with Crippen molar-refractivity contribution in [1.82, 2.24) is 4.90 Å². The maximum atomic E-state index is 12.6. The van der Waals surface area contributed by atoms with Gasteiger partial charge in [-0.15, -0.1) is 11.6 Å². The third-order valence-electron chi connectivity index (χ3n) is 3.99. The van der Waals surface area contributed by atoms with E-state index in [2.05, 4.69) is 0 Å². The molecule has 1 amide bonds. The van der Waals surface area contributed by atoms with Gasteiger partial charge in [-0.05, 0) is 32.8 Å². The SMILES string of the molecule is CCN(CC)C(=O)C(C)(Cl)C(O)(CC)c1ccccc1. The molecule has 1 aromatic rings. The lowest BCUT2D eigenvalue weighted by Crippen LogP contribution is -2.56. The van der Waals surface area contributed by atoms with E-state index < -0.39 is 10.5 Å². The molecule has 3 nitrogen and oxygen atoms in total. The summed E-state index contributed by atoms with van der Waals surface area (Å²) in [6, 6.07) is 9.16. The van der Waals surface area contributed by atoms with E-state index in [4.69, 9.17) is 11.6 Å². The van der Waals surface area contributed by atoms with Crippen molar-refractivity contribution in [2.75, 3.05) is 13.1 Å².